The summed E-state index contributed by atoms with van der Waals surface area (Å²) in [7, 11) is -3.68. The van der Waals surface area contributed by atoms with Crippen molar-refractivity contribution < 1.29 is 17.9 Å². The number of halogens is 1. The van der Waals surface area contributed by atoms with E-state index in [2.05, 4.69) is 4.72 Å². The predicted octanol–water partition coefficient (Wildman–Crippen LogP) is 2.49. The molecule has 2 rings (SSSR count). The molecule has 2 aromatic carbocycles. The predicted molar refractivity (Wildman–Crippen MR) is 87.6 cm³/mol. The number of sulfonamides is 1. The van der Waals surface area contributed by atoms with Gasteiger partial charge in [-0.3, -0.25) is 4.79 Å². The van der Waals surface area contributed by atoms with Crippen molar-refractivity contribution in [3.63, 3.8) is 0 Å². The zero-order valence-electron chi connectivity index (χ0n) is 12.2. The van der Waals surface area contributed by atoms with Gasteiger partial charge in [-0.25, -0.2) is 13.1 Å². The second-order valence-electron chi connectivity index (χ2n) is 4.69. The smallest absolute Gasteiger partial charge is 0.321 e. The highest BCUT2D eigenvalue weighted by molar-refractivity contribution is 7.89. The molecule has 0 radical (unpaired) electrons. The lowest BCUT2D eigenvalue weighted by Crippen LogP contribution is -2.30. The molecule has 0 fully saturated rings. The quantitative estimate of drug-likeness (QED) is 0.613. The van der Waals surface area contributed by atoms with Gasteiger partial charge in [-0.2, -0.15) is 0 Å². The first-order chi connectivity index (χ1) is 11.0. The lowest BCUT2D eigenvalue weighted by Gasteiger charge is -2.18. The summed E-state index contributed by atoms with van der Waals surface area (Å²) in [5.41, 5.74) is 0.682. The molecule has 7 heteroatoms. The molecule has 0 aliphatic heterocycles. The Morgan fingerprint density at radius 3 is 2.17 bits per heavy atom. The number of esters is 1. The third kappa shape index (κ3) is 5.06. The van der Waals surface area contributed by atoms with Gasteiger partial charge in [0.25, 0.3) is 0 Å². The maximum Gasteiger partial charge on any atom is 0.321 e. The second-order valence-corrected chi connectivity index (χ2v) is 6.72. The van der Waals surface area contributed by atoms with Gasteiger partial charge in [0.05, 0.1) is 11.4 Å². The minimum absolute atomic E-state index is 0.0795. The van der Waals surface area contributed by atoms with Crippen LogP contribution in [0.15, 0.2) is 65.6 Å². The third-order valence-electron chi connectivity index (χ3n) is 3.07. The number of carbonyl (C=O) groups is 1. The maximum absolute atomic E-state index is 12.2. The van der Waals surface area contributed by atoms with Crippen molar-refractivity contribution in [2.75, 3.05) is 12.4 Å². The van der Waals surface area contributed by atoms with Gasteiger partial charge < -0.3 is 4.74 Å². The Morgan fingerprint density at radius 1 is 1.04 bits per heavy atom. The summed E-state index contributed by atoms with van der Waals surface area (Å²) in [6.45, 7) is -0.0795. The highest BCUT2D eigenvalue weighted by Gasteiger charge is 2.20. The van der Waals surface area contributed by atoms with Crippen LogP contribution < -0.4 is 4.72 Å². The van der Waals surface area contributed by atoms with Gasteiger partial charge in [0.2, 0.25) is 10.0 Å². The SMILES string of the molecule is O=C(CCl)OC(CNS(=O)(=O)c1ccccc1)c1ccccc1. The number of hydrogen-bond acceptors (Lipinski definition) is 4. The van der Waals surface area contributed by atoms with Crippen LogP contribution in [0.4, 0.5) is 0 Å². The molecular formula is C16H16ClNO4S. The van der Waals surface area contributed by atoms with Crippen LogP contribution in [0.5, 0.6) is 0 Å². The fraction of sp³-hybridized carbons (Fsp3) is 0.188. The number of ether oxygens (including phenoxy) is 1. The van der Waals surface area contributed by atoms with Crippen molar-refractivity contribution in [1.29, 1.82) is 0 Å². The monoisotopic (exact) mass is 353 g/mol. The van der Waals surface area contributed by atoms with E-state index in [-0.39, 0.29) is 17.3 Å². The van der Waals surface area contributed by atoms with Crippen LogP contribution in [0, 0.1) is 0 Å². The number of hydrogen-bond donors (Lipinski definition) is 1. The molecule has 0 saturated heterocycles. The summed E-state index contributed by atoms with van der Waals surface area (Å²) in [6.07, 6.45) is -0.749. The van der Waals surface area contributed by atoms with Crippen LogP contribution in [0.2, 0.25) is 0 Å². The number of alkyl halides is 1. The van der Waals surface area contributed by atoms with Crippen LogP contribution in [0.3, 0.4) is 0 Å². The Kier molecular flexibility index (Phi) is 6.15. The minimum atomic E-state index is -3.68. The van der Waals surface area contributed by atoms with Crippen LogP contribution in [-0.2, 0) is 19.6 Å². The zero-order chi connectivity index (χ0) is 16.7. The van der Waals surface area contributed by atoms with E-state index in [0.717, 1.165) is 0 Å². The number of carbonyl (C=O) groups excluding carboxylic acids is 1. The average Bonchev–Trinajstić information content (AvgIpc) is 2.60. The van der Waals surface area contributed by atoms with Gasteiger partial charge in [-0.1, -0.05) is 48.5 Å². The van der Waals surface area contributed by atoms with Gasteiger partial charge in [0.15, 0.2) is 0 Å². The van der Waals surface area contributed by atoms with Crippen molar-refractivity contribution in [3.8, 4) is 0 Å². The topological polar surface area (TPSA) is 72.5 Å². The highest BCUT2D eigenvalue weighted by atomic mass is 35.5. The van der Waals surface area contributed by atoms with Crippen LogP contribution in [0.1, 0.15) is 11.7 Å². The fourth-order valence-electron chi connectivity index (χ4n) is 1.95. The lowest BCUT2D eigenvalue weighted by atomic mass is 10.1. The van der Waals surface area contributed by atoms with Gasteiger partial charge in [-0.15, -0.1) is 11.6 Å². The number of benzene rings is 2. The molecule has 0 amide bonds. The summed E-state index contributed by atoms with van der Waals surface area (Å²) in [4.78, 5) is 11.6. The van der Waals surface area contributed by atoms with Crippen LogP contribution in [-0.4, -0.2) is 26.8 Å². The van der Waals surface area contributed by atoms with Crippen molar-refractivity contribution in [2.24, 2.45) is 0 Å². The average molecular weight is 354 g/mol. The first kappa shape index (κ1) is 17.5. The molecule has 1 unspecified atom stereocenters. The van der Waals surface area contributed by atoms with E-state index in [0.29, 0.717) is 5.56 Å². The summed E-state index contributed by atoms with van der Waals surface area (Å²) >= 11 is 5.46. The van der Waals surface area contributed by atoms with E-state index in [4.69, 9.17) is 16.3 Å². The van der Waals surface area contributed by atoms with E-state index in [9.17, 15) is 13.2 Å². The molecule has 0 aliphatic carbocycles. The number of nitrogens with one attached hydrogen (secondary N) is 1. The van der Waals surface area contributed by atoms with Crippen molar-refractivity contribution in [1.82, 2.24) is 4.72 Å². The molecule has 1 N–H and O–H groups in total. The van der Waals surface area contributed by atoms with E-state index in [1.165, 1.54) is 12.1 Å². The van der Waals surface area contributed by atoms with Crippen molar-refractivity contribution >= 4 is 27.6 Å². The molecule has 0 aliphatic rings. The minimum Gasteiger partial charge on any atom is -0.455 e. The Bertz CT molecular complexity index is 735. The Hall–Kier alpha value is -1.89. The molecule has 0 heterocycles. The third-order valence-corrected chi connectivity index (χ3v) is 4.72. The van der Waals surface area contributed by atoms with Gasteiger partial charge in [-0.05, 0) is 17.7 Å². The molecule has 2 aromatic rings. The van der Waals surface area contributed by atoms with Crippen molar-refractivity contribution in [3.05, 3.63) is 66.2 Å². The van der Waals surface area contributed by atoms with Crippen molar-refractivity contribution in [2.45, 2.75) is 11.0 Å². The van der Waals surface area contributed by atoms with Crippen LogP contribution in [0.25, 0.3) is 0 Å². The fourth-order valence-corrected chi connectivity index (χ4v) is 3.07. The van der Waals surface area contributed by atoms with E-state index < -0.39 is 22.1 Å². The Labute approximate surface area is 140 Å². The molecule has 23 heavy (non-hydrogen) atoms. The van der Waals surface area contributed by atoms with Gasteiger partial charge >= 0.3 is 5.97 Å². The molecule has 122 valence electrons. The maximum atomic E-state index is 12.2. The molecular weight excluding hydrogens is 338 g/mol. The van der Waals surface area contributed by atoms with E-state index in [1.807, 2.05) is 6.07 Å². The standard InChI is InChI=1S/C16H16ClNO4S/c17-11-16(19)22-15(13-7-3-1-4-8-13)12-18-23(20,21)14-9-5-2-6-10-14/h1-10,15,18H,11-12H2. The van der Waals surface area contributed by atoms with Gasteiger partial charge in [0, 0.05) is 0 Å². The number of rotatable bonds is 7. The summed E-state index contributed by atoms with van der Waals surface area (Å²) in [5, 5.41) is 0. The molecule has 0 saturated carbocycles. The summed E-state index contributed by atoms with van der Waals surface area (Å²) in [6, 6.07) is 16.9. The molecule has 0 spiro atoms. The summed E-state index contributed by atoms with van der Waals surface area (Å²) in [5.74, 6) is -0.908. The van der Waals surface area contributed by atoms with Crippen LogP contribution >= 0.6 is 11.6 Å². The molecule has 0 aromatic heterocycles. The molecule has 5 nitrogen and oxygen atoms in total. The second kappa shape index (κ2) is 8.10. The largest absolute Gasteiger partial charge is 0.455 e. The first-order valence-electron chi connectivity index (χ1n) is 6.88. The highest BCUT2D eigenvalue weighted by Crippen LogP contribution is 2.18. The zero-order valence-corrected chi connectivity index (χ0v) is 13.8. The normalized spacial score (nSPS) is 12.6. The Morgan fingerprint density at radius 2 is 1.61 bits per heavy atom. The lowest BCUT2D eigenvalue weighted by molar-refractivity contribution is -0.146. The van der Waals surface area contributed by atoms with E-state index in [1.54, 1.807) is 42.5 Å². The van der Waals surface area contributed by atoms with E-state index >= 15 is 0 Å². The Balaban J connectivity index is 2.14. The summed E-state index contributed by atoms with van der Waals surface area (Å²) < 4.78 is 32.2. The molecule has 0 bridgehead atoms. The molecule has 1 atom stereocenters. The van der Waals surface area contributed by atoms with Gasteiger partial charge in [0.1, 0.15) is 12.0 Å². The first-order valence-corrected chi connectivity index (χ1v) is 8.90.